The van der Waals surface area contributed by atoms with Gasteiger partial charge in [0.05, 0.1) is 6.42 Å². The Kier molecular flexibility index (Phi) is 2.31. The summed E-state index contributed by atoms with van der Waals surface area (Å²) in [4.78, 5) is 14.7. The second-order valence-corrected chi connectivity index (χ2v) is 4.66. The predicted molar refractivity (Wildman–Crippen MR) is 55.1 cm³/mol. The van der Waals surface area contributed by atoms with Crippen LogP contribution < -0.4 is 0 Å². The second-order valence-electron chi connectivity index (χ2n) is 3.74. The van der Waals surface area contributed by atoms with E-state index in [1.54, 1.807) is 12.4 Å². The molecular formula is C10H10BrNO2. The van der Waals surface area contributed by atoms with Crippen molar-refractivity contribution in [3.63, 3.8) is 0 Å². The van der Waals surface area contributed by atoms with Gasteiger partial charge in [0, 0.05) is 22.3 Å². The van der Waals surface area contributed by atoms with Gasteiger partial charge in [-0.15, -0.1) is 0 Å². The van der Waals surface area contributed by atoms with Gasteiger partial charge in [-0.1, -0.05) is 0 Å². The summed E-state index contributed by atoms with van der Waals surface area (Å²) < 4.78 is 0.909. The molecule has 0 saturated heterocycles. The van der Waals surface area contributed by atoms with Crippen LogP contribution in [0.25, 0.3) is 0 Å². The fraction of sp³-hybridized carbons (Fsp3) is 0.400. The molecule has 1 fully saturated rings. The first kappa shape index (κ1) is 9.65. The fourth-order valence-electron chi connectivity index (χ4n) is 1.71. The van der Waals surface area contributed by atoms with E-state index < -0.39 is 5.97 Å². The lowest BCUT2D eigenvalue weighted by molar-refractivity contribution is -0.137. The molecule has 1 aliphatic carbocycles. The highest BCUT2D eigenvalue weighted by atomic mass is 79.9. The highest BCUT2D eigenvalue weighted by Gasteiger charge is 2.46. The van der Waals surface area contributed by atoms with Crippen molar-refractivity contribution in [2.75, 3.05) is 0 Å². The summed E-state index contributed by atoms with van der Waals surface area (Å²) in [5.74, 6) is -0.734. The molecule has 1 aromatic rings. The lowest BCUT2D eigenvalue weighted by Gasteiger charge is -2.12. The minimum absolute atomic E-state index is 0.136. The van der Waals surface area contributed by atoms with Gasteiger partial charge in [0.25, 0.3) is 0 Å². The molecule has 1 aromatic heterocycles. The largest absolute Gasteiger partial charge is 0.481 e. The summed E-state index contributed by atoms with van der Waals surface area (Å²) in [5.41, 5.74) is 0.900. The first-order valence-electron chi connectivity index (χ1n) is 4.45. The van der Waals surface area contributed by atoms with Crippen molar-refractivity contribution in [1.82, 2.24) is 4.98 Å². The van der Waals surface area contributed by atoms with Crippen LogP contribution in [0.2, 0.25) is 0 Å². The molecule has 14 heavy (non-hydrogen) atoms. The Morgan fingerprint density at radius 1 is 1.57 bits per heavy atom. The van der Waals surface area contributed by atoms with E-state index in [2.05, 4.69) is 20.9 Å². The normalized spacial score (nSPS) is 17.8. The van der Waals surface area contributed by atoms with Crippen LogP contribution >= 0.6 is 15.9 Å². The van der Waals surface area contributed by atoms with E-state index in [1.165, 1.54) is 0 Å². The molecular weight excluding hydrogens is 246 g/mol. The molecule has 0 bridgehead atoms. The third-order valence-corrected chi connectivity index (χ3v) is 3.09. The lowest BCUT2D eigenvalue weighted by atomic mass is 9.94. The van der Waals surface area contributed by atoms with Gasteiger partial charge in [0.2, 0.25) is 0 Å². The van der Waals surface area contributed by atoms with Crippen molar-refractivity contribution in [2.24, 2.45) is 0 Å². The number of aliphatic carboxylic acids is 1. The molecule has 0 aromatic carbocycles. The van der Waals surface area contributed by atoms with Crippen molar-refractivity contribution in [1.29, 1.82) is 0 Å². The van der Waals surface area contributed by atoms with Gasteiger partial charge in [0.1, 0.15) is 0 Å². The van der Waals surface area contributed by atoms with Crippen LogP contribution in [0.15, 0.2) is 22.9 Å². The molecule has 1 saturated carbocycles. The summed E-state index contributed by atoms with van der Waals surface area (Å²) in [6, 6.07) is 1.96. The Labute approximate surface area is 90.3 Å². The SMILES string of the molecule is O=C(O)CC1(c2cncc(Br)c2)CC1. The molecule has 0 unspecified atom stereocenters. The van der Waals surface area contributed by atoms with Gasteiger partial charge in [-0.05, 0) is 40.4 Å². The minimum atomic E-state index is -0.734. The van der Waals surface area contributed by atoms with Crippen molar-refractivity contribution >= 4 is 21.9 Å². The summed E-state index contributed by atoms with van der Waals surface area (Å²) in [6.07, 6.45) is 5.60. The van der Waals surface area contributed by atoms with Crippen molar-refractivity contribution in [3.8, 4) is 0 Å². The highest BCUT2D eigenvalue weighted by Crippen LogP contribution is 2.51. The molecule has 0 spiro atoms. The number of nitrogens with zero attached hydrogens (tertiary/aromatic N) is 1. The van der Waals surface area contributed by atoms with Gasteiger partial charge in [-0.2, -0.15) is 0 Å². The average molecular weight is 256 g/mol. The van der Waals surface area contributed by atoms with Crippen LogP contribution in [-0.2, 0) is 10.2 Å². The first-order chi connectivity index (χ1) is 6.62. The Balaban J connectivity index is 2.26. The van der Waals surface area contributed by atoms with E-state index in [4.69, 9.17) is 5.11 Å². The number of halogens is 1. The molecule has 1 aliphatic rings. The third-order valence-electron chi connectivity index (χ3n) is 2.66. The van der Waals surface area contributed by atoms with E-state index in [-0.39, 0.29) is 11.8 Å². The minimum Gasteiger partial charge on any atom is -0.481 e. The van der Waals surface area contributed by atoms with E-state index in [9.17, 15) is 4.79 Å². The van der Waals surface area contributed by atoms with E-state index in [0.717, 1.165) is 22.9 Å². The first-order valence-corrected chi connectivity index (χ1v) is 5.25. The standard InChI is InChI=1S/C10H10BrNO2/c11-8-3-7(5-12-6-8)10(1-2-10)4-9(13)14/h3,5-6H,1-2,4H2,(H,13,14). The zero-order valence-electron chi connectivity index (χ0n) is 7.53. The molecule has 0 radical (unpaired) electrons. The number of carboxylic acids is 1. The molecule has 0 amide bonds. The summed E-state index contributed by atoms with van der Waals surface area (Å²) in [5, 5.41) is 8.79. The van der Waals surface area contributed by atoms with Crippen molar-refractivity contribution < 1.29 is 9.90 Å². The Morgan fingerprint density at radius 2 is 2.29 bits per heavy atom. The molecule has 74 valence electrons. The molecule has 3 nitrogen and oxygen atoms in total. The maximum Gasteiger partial charge on any atom is 0.304 e. The Bertz CT molecular complexity index is 374. The van der Waals surface area contributed by atoms with Crippen LogP contribution in [0.3, 0.4) is 0 Å². The second kappa shape index (κ2) is 3.35. The van der Waals surface area contributed by atoms with Gasteiger partial charge in [0.15, 0.2) is 0 Å². The van der Waals surface area contributed by atoms with Crippen LogP contribution in [0.4, 0.5) is 0 Å². The van der Waals surface area contributed by atoms with Crippen molar-refractivity contribution in [2.45, 2.75) is 24.7 Å². The molecule has 0 atom stereocenters. The number of pyridine rings is 1. The molecule has 2 rings (SSSR count). The maximum absolute atomic E-state index is 10.7. The van der Waals surface area contributed by atoms with Crippen LogP contribution in [0.5, 0.6) is 0 Å². The lowest BCUT2D eigenvalue weighted by Crippen LogP contribution is -2.13. The summed E-state index contributed by atoms with van der Waals surface area (Å²) in [6.45, 7) is 0. The number of hydrogen-bond acceptors (Lipinski definition) is 2. The molecule has 0 aliphatic heterocycles. The fourth-order valence-corrected chi connectivity index (χ4v) is 2.07. The summed E-state index contributed by atoms with van der Waals surface area (Å²) >= 11 is 3.34. The van der Waals surface area contributed by atoms with Crippen molar-refractivity contribution in [3.05, 3.63) is 28.5 Å². The highest BCUT2D eigenvalue weighted by molar-refractivity contribution is 9.10. The third kappa shape index (κ3) is 1.80. The molecule has 1 N–H and O–H groups in total. The van der Waals surface area contributed by atoms with Crippen LogP contribution in [0.1, 0.15) is 24.8 Å². The molecule has 4 heteroatoms. The summed E-state index contributed by atoms with van der Waals surface area (Å²) in [7, 11) is 0. The maximum atomic E-state index is 10.7. The zero-order chi connectivity index (χ0) is 10.2. The Morgan fingerprint density at radius 3 is 2.79 bits per heavy atom. The predicted octanol–water partition coefficient (Wildman–Crippen LogP) is 2.35. The van der Waals surface area contributed by atoms with E-state index in [1.807, 2.05) is 6.07 Å². The zero-order valence-corrected chi connectivity index (χ0v) is 9.12. The number of aromatic nitrogens is 1. The van der Waals surface area contributed by atoms with Gasteiger partial charge >= 0.3 is 5.97 Å². The quantitative estimate of drug-likeness (QED) is 0.903. The van der Waals surface area contributed by atoms with Gasteiger partial charge < -0.3 is 5.11 Å². The monoisotopic (exact) mass is 255 g/mol. The smallest absolute Gasteiger partial charge is 0.304 e. The van der Waals surface area contributed by atoms with E-state index in [0.29, 0.717) is 0 Å². The van der Waals surface area contributed by atoms with E-state index >= 15 is 0 Å². The number of hydrogen-bond donors (Lipinski definition) is 1. The number of carbonyl (C=O) groups is 1. The Hall–Kier alpha value is -0.900. The van der Waals surface area contributed by atoms with Crippen LogP contribution in [0, 0.1) is 0 Å². The topological polar surface area (TPSA) is 50.2 Å². The average Bonchev–Trinajstić information content (AvgIpc) is 2.84. The number of rotatable bonds is 3. The molecule has 1 heterocycles. The van der Waals surface area contributed by atoms with Gasteiger partial charge in [-0.3, -0.25) is 9.78 Å². The number of carboxylic acid groups (broad SMARTS) is 1. The van der Waals surface area contributed by atoms with Gasteiger partial charge in [-0.25, -0.2) is 0 Å². The van der Waals surface area contributed by atoms with Crippen LogP contribution in [-0.4, -0.2) is 16.1 Å².